The molecular weight excluding hydrogens is 270 g/mol. The van der Waals surface area contributed by atoms with Crippen LogP contribution in [0.1, 0.15) is 39.2 Å². The SMILES string of the molecule is CCc1cccc(N(C(=O)CC(C)=O)C(=O)CC(C)=O)c1. The molecule has 0 saturated carbocycles. The van der Waals surface area contributed by atoms with E-state index in [1.165, 1.54) is 13.8 Å². The highest BCUT2D eigenvalue weighted by Gasteiger charge is 2.25. The summed E-state index contributed by atoms with van der Waals surface area (Å²) in [6.07, 6.45) is 0.0312. The molecule has 0 atom stereocenters. The van der Waals surface area contributed by atoms with Gasteiger partial charge in [0.25, 0.3) is 0 Å². The number of anilines is 1. The Labute approximate surface area is 123 Å². The van der Waals surface area contributed by atoms with E-state index in [1.807, 2.05) is 13.0 Å². The van der Waals surface area contributed by atoms with E-state index >= 15 is 0 Å². The number of carbonyl (C=O) groups is 4. The molecule has 0 saturated heterocycles. The number of amides is 2. The van der Waals surface area contributed by atoms with Gasteiger partial charge in [0.15, 0.2) is 0 Å². The van der Waals surface area contributed by atoms with Gasteiger partial charge in [0.05, 0.1) is 18.5 Å². The van der Waals surface area contributed by atoms with Crippen LogP contribution in [0, 0.1) is 0 Å². The molecule has 5 nitrogen and oxygen atoms in total. The Morgan fingerprint density at radius 1 is 0.952 bits per heavy atom. The topological polar surface area (TPSA) is 71.5 Å². The standard InChI is InChI=1S/C16H19NO4/c1-4-13-6-5-7-14(10-13)17(15(20)8-11(2)18)16(21)9-12(3)19/h5-7,10H,4,8-9H2,1-3H3. The lowest BCUT2D eigenvalue weighted by atomic mass is 10.1. The Morgan fingerprint density at radius 2 is 1.48 bits per heavy atom. The number of hydrogen-bond donors (Lipinski definition) is 0. The first-order valence-corrected chi connectivity index (χ1v) is 6.78. The van der Waals surface area contributed by atoms with Gasteiger partial charge in [0.1, 0.15) is 11.6 Å². The van der Waals surface area contributed by atoms with Gasteiger partial charge < -0.3 is 0 Å². The predicted octanol–water partition coefficient (Wildman–Crippen LogP) is 2.07. The van der Waals surface area contributed by atoms with Crippen molar-refractivity contribution in [2.24, 2.45) is 0 Å². The molecule has 0 N–H and O–H groups in total. The van der Waals surface area contributed by atoms with E-state index in [0.717, 1.165) is 16.9 Å². The average molecular weight is 289 g/mol. The highest BCUT2D eigenvalue weighted by molar-refractivity contribution is 6.21. The summed E-state index contributed by atoms with van der Waals surface area (Å²) in [5.74, 6) is -1.87. The first kappa shape index (κ1) is 16.8. The zero-order chi connectivity index (χ0) is 16.0. The quantitative estimate of drug-likeness (QED) is 0.752. The number of hydrogen-bond acceptors (Lipinski definition) is 4. The van der Waals surface area contributed by atoms with Gasteiger partial charge in [-0.1, -0.05) is 19.1 Å². The van der Waals surface area contributed by atoms with Crippen molar-refractivity contribution < 1.29 is 19.2 Å². The fourth-order valence-corrected chi connectivity index (χ4v) is 1.93. The van der Waals surface area contributed by atoms with Gasteiger partial charge in [-0.05, 0) is 38.0 Å². The van der Waals surface area contributed by atoms with Crippen molar-refractivity contribution in [2.75, 3.05) is 4.90 Å². The van der Waals surface area contributed by atoms with Crippen LogP contribution in [0.15, 0.2) is 24.3 Å². The van der Waals surface area contributed by atoms with Gasteiger partial charge >= 0.3 is 0 Å². The van der Waals surface area contributed by atoms with Crippen molar-refractivity contribution in [3.05, 3.63) is 29.8 Å². The van der Waals surface area contributed by atoms with E-state index in [4.69, 9.17) is 0 Å². The number of carbonyl (C=O) groups excluding carboxylic acids is 4. The molecule has 0 aliphatic heterocycles. The second kappa shape index (κ2) is 7.47. The zero-order valence-electron chi connectivity index (χ0n) is 12.5. The third kappa shape index (κ3) is 4.95. The van der Waals surface area contributed by atoms with E-state index in [1.54, 1.807) is 18.2 Å². The van der Waals surface area contributed by atoms with Crippen molar-refractivity contribution in [2.45, 2.75) is 40.0 Å². The molecule has 0 bridgehead atoms. The minimum Gasteiger partial charge on any atom is -0.299 e. The molecule has 0 aliphatic rings. The summed E-state index contributed by atoms with van der Waals surface area (Å²) in [5, 5.41) is 0. The second-order valence-electron chi connectivity index (χ2n) is 4.90. The van der Waals surface area contributed by atoms with E-state index in [9.17, 15) is 19.2 Å². The molecule has 0 radical (unpaired) electrons. The summed E-state index contributed by atoms with van der Waals surface area (Å²) in [5.41, 5.74) is 1.36. The van der Waals surface area contributed by atoms with Crippen LogP contribution in [0.5, 0.6) is 0 Å². The Kier molecular flexibility index (Phi) is 5.96. The number of nitrogens with zero attached hydrogens (tertiary/aromatic N) is 1. The first-order valence-electron chi connectivity index (χ1n) is 6.78. The lowest BCUT2D eigenvalue weighted by Crippen LogP contribution is -2.38. The number of imide groups is 1. The fraction of sp³-hybridized carbons (Fsp3) is 0.375. The largest absolute Gasteiger partial charge is 0.299 e. The molecule has 112 valence electrons. The van der Waals surface area contributed by atoms with Crippen molar-refractivity contribution in [1.82, 2.24) is 0 Å². The molecule has 1 aromatic carbocycles. The van der Waals surface area contributed by atoms with Gasteiger partial charge in [-0.3, -0.25) is 19.2 Å². The molecular formula is C16H19NO4. The first-order chi connectivity index (χ1) is 9.85. The summed E-state index contributed by atoms with van der Waals surface area (Å²) >= 11 is 0. The summed E-state index contributed by atoms with van der Waals surface area (Å²) in [7, 11) is 0. The van der Waals surface area contributed by atoms with Gasteiger partial charge in [-0.2, -0.15) is 0 Å². The maximum absolute atomic E-state index is 12.1. The summed E-state index contributed by atoms with van der Waals surface area (Å²) in [6.45, 7) is 4.53. The molecule has 0 heterocycles. The Balaban J connectivity index is 3.16. The lowest BCUT2D eigenvalue weighted by molar-refractivity contribution is -0.130. The fourth-order valence-electron chi connectivity index (χ4n) is 1.93. The molecule has 0 spiro atoms. The Hall–Kier alpha value is -2.30. The van der Waals surface area contributed by atoms with Gasteiger partial charge in [-0.25, -0.2) is 4.90 Å². The van der Waals surface area contributed by atoms with E-state index in [-0.39, 0.29) is 24.4 Å². The number of rotatable bonds is 6. The number of benzene rings is 1. The highest BCUT2D eigenvalue weighted by Crippen LogP contribution is 2.19. The van der Waals surface area contributed by atoms with Crippen molar-refractivity contribution in [3.8, 4) is 0 Å². The van der Waals surface area contributed by atoms with Crippen LogP contribution in [0.4, 0.5) is 5.69 Å². The highest BCUT2D eigenvalue weighted by atomic mass is 16.2. The van der Waals surface area contributed by atoms with Crippen LogP contribution in [0.25, 0.3) is 0 Å². The van der Waals surface area contributed by atoms with Crippen LogP contribution in [-0.4, -0.2) is 23.4 Å². The van der Waals surface area contributed by atoms with Crippen molar-refractivity contribution in [1.29, 1.82) is 0 Å². The second-order valence-corrected chi connectivity index (χ2v) is 4.90. The third-order valence-corrected chi connectivity index (χ3v) is 2.88. The molecule has 0 aliphatic carbocycles. The average Bonchev–Trinajstić information content (AvgIpc) is 2.37. The van der Waals surface area contributed by atoms with Crippen LogP contribution in [0.3, 0.4) is 0 Å². The molecule has 1 rings (SSSR count). The monoisotopic (exact) mass is 289 g/mol. The van der Waals surface area contributed by atoms with Crippen LogP contribution in [-0.2, 0) is 25.6 Å². The van der Waals surface area contributed by atoms with E-state index in [0.29, 0.717) is 5.69 Å². The maximum atomic E-state index is 12.1. The molecule has 21 heavy (non-hydrogen) atoms. The molecule has 0 aromatic heterocycles. The Morgan fingerprint density at radius 3 is 1.90 bits per heavy atom. The van der Waals surface area contributed by atoms with Gasteiger partial charge in [0.2, 0.25) is 11.8 Å². The molecule has 2 amide bonds. The number of aryl methyl sites for hydroxylation is 1. The van der Waals surface area contributed by atoms with Crippen LogP contribution in [0.2, 0.25) is 0 Å². The number of ketones is 2. The van der Waals surface area contributed by atoms with Crippen LogP contribution >= 0.6 is 0 Å². The number of Topliss-reactive ketones (excluding diaryl/α,β-unsaturated/α-hetero) is 2. The van der Waals surface area contributed by atoms with Crippen LogP contribution < -0.4 is 4.90 Å². The zero-order valence-corrected chi connectivity index (χ0v) is 12.5. The van der Waals surface area contributed by atoms with Crippen molar-refractivity contribution in [3.63, 3.8) is 0 Å². The van der Waals surface area contributed by atoms with Crippen molar-refractivity contribution >= 4 is 29.1 Å². The van der Waals surface area contributed by atoms with Gasteiger partial charge in [-0.15, -0.1) is 0 Å². The minimum absolute atomic E-state index is 0.327. The predicted molar refractivity (Wildman–Crippen MR) is 78.9 cm³/mol. The van der Waals surface area contributed by atoms with Gasteiger partial charge in [0, 0.05) is 0 Å². The summed E-state index contributed by atoms with van der Waals surface area (Å²) in [4.78, 5) is 47.5. The Bertz CT molecular complexity index is 549. The molecule has 0 unspecified atom stereocenters. The van der Waals surface area contributed by atoms with E-state index < -0.39 is 11.8 Å². The molecule has 1 aromatic rings. The maximum Gasteiger partial charge on any atom is 0.241 e. The summed E-state index contributed by atoms with van der Waals surface area (Å²) < 4.78 is 0. The normalized spacial score (nSPS) is 10.0. The summed E-state index contributed by atoms with van der Waals surface area (Å²) in [6, 6.07) is 6.96. The third-order valence-electron chi connectivity index (χ3n) is 2.88. The lowest BCUT2D eigenvalue weighted by Gasteiger charge is -2.20. The molecule has 0 fully saturated rings. The minimum atomic E-state index is -0.609. The smallest absolute Gasteiger partial charge is 0.241 e. The molecule has 5 heteroatoms. The van der Waals surface area contributed by atoms with E-state index in [2.05, 4.69) is 0 Å².